The quantitative estimate of drug-likeness (QED) is 0.776. The third kappa shape index (κ3) is 2.53. The molecule has 2 heterocycles. The van der Waals surface area contributed by atoms with Crippen LogP contribution in [0.2, 0.25) is 0 Å². The molecule has 1 aliphatic rings. The summed E-state index contributed by atoms with van der Waals surface area (Å²) in [5.74, 6) is 0.716. The largest absolute Gasteiger partial charge is 0.376 e. The van der Waals surface area contributed by atoms with Gasteiger partial charge in [-0.25, -0.2) is 0 Å². The lowest BCUT2D eigenvalue weighted by Gasteiger charge is -2.26. The van der Waals surface area contributed by atoms with Gasteiger partial charge in [0.25, 0.3) is 0 Å². The van der Waals surface area contributed by atoms with E-state index >= 15 is 0 Å². The van der Waals surface area contributed by atoms with Crippen molar-refractivity contribution in [2.24, 2.45) is 5.92 Å². The average Bonchev–Trinajstić information content (AvgIpc) is 2.12. The number of hydrogen-bond acceptors (Lipinski definition) is 3. The first-order valence-corrected chi connectivity index (χ1v) is 5.04. The molecule has 1 aliphatic heterocycles. The number of rotatable bonds is 4. The number of aromatic nitrogens is 1. The molecule has 1 saturated heterocycles. The van der Waals surface area contributed by atoms with Crippen LogP contribution in [0, 0.1) is 12.8 Å². The fourth-order valence-electron chi connectivity index (χ4n) is 1.39. The van der Waals surface area contributed by atoms with Crippen molar-refractivity contribution in [1.29, 1.82) is 0 Å². The lowest BCUT2D eigenvalue weighted by Crippen LogP contribution is -2.44. The van der Waals surface area contributed by atoms with E-state index in [2.05, 4.69) is 16.4 Å². The van der Waals surface area contributed by atoms with Gasteiger partial charge >= 0.3 is 0 Å². The smallest absolute Gasteiger partial charge is 0.0731 e. The minimum absolute atomic E-state index is 0.684. The van der Waals surface area contributed by atoms with Crippen LogP contribution >= 0.6 is 0 Å². The monoisotopic (exact) mass is 192 g/mol. The van der Waals surface area contributed by atoms with Gasteiger partial charge < -0.3 is 10.1 Å². The van der Waals surface area contributed by atoms with Gasteiger partial charge in [-0.15, -0.1) is 0 Å². The second-order valence-electron chi connectivity index (χ2n) is 3.85. The van der Waals surface area contributed by atoms with E-state index in [1.54, 1.807) is 0 Å². The minimum atomic E-state index is 0.684. The van der Waals surface area contributed by atoms with E-state index in [4.69, 9.17) is 4.74 Å². The molecule has 76 valence electrons. The lowest BCUT2D eigenvalue weighted by molar-refractivity contribution is 0.0688. The van der Waals surface area contributed by atoms with E-state index in [9.17, 15) is 0 Å². The molecule has 3 heteroatoms. The van der Waals surface area contributed by atoms with E-state index in [0.29, 0.717) is 12.5 Å². The summed E-state index contributed by atoms with van der Waals surface area (Å²) in [6, 6.07) is 4.09. The molecular formula is C11H16N2O. The number of aryl methyl sites for hydroxylation is 1. The number of nitrogens with zero attached hydrogens (tertiary/aromatic N) is 1. The van der Waals surface area contributed by atoms with Crippen molar-refractivity contribution < 1.29 is 4.74 Å². The van der Waals surface area contributed by atoms with E-state index in [0.717, 1.165) is 31.0 Å². The Morgan fingerprint density at radius 1 is 1.50 bits per heavy atom. The molecule has 1 N–H and O–H groups in total. The molecule has 1 aromatic heterocycles. The molecule has 0 amide bonds. The number of nitrogens with one attached hydrogen (secondary N) is 1. The highest BCUT2D eigenvalue weighted by Gasteiger charge is 2.16. The van der Waals surface area contributed by atoms with E-state index in [1.165, 1.54) is 0 Å². The topological polar surface area (TPSA) is 34.1 Å². The van der Waals surface area contributed by atoms with Crippen molar-refractivity contribution in [2.45, 2.75) is 13.5 Å². The van der Waals surface area contributed by atoms with Crippen LogP contribution < -0.4 is 5.32 Å². The molecule has 0 aromatic carbocycles. The minimum Gasteiger partial charge on any atom is -0.376 e. The van der Waals surface area contributed by atoms with Crippen LogP contribution in [0.25, 0.3) is 0 Å². The Balaban J connectivity index is 1.71. The van der Waals surface area contributed by atoms with Crippen molar-refractivity contribution in [3.8, 4) is 0 Å². The summed E-state index contributed by atoms with van der Waals surface area (Å²) < 4.78 is 5.58. The number of pyridine rings is 1. The highest BCUT2D eigenvalue weighted by atomic mass is 16.5. The van der Waals surface area contributed by atoms with Gasteiger partial charge in [0.1, 0.15) is 0 Å². The Morgan fingerprint density at radius 2 is 2.36 bits per heavy atom. The standard InChI is InChI=1S/C11H16N2O/c1-9-2-3-10(6-13-9)7-14-8-11-4-12-5-11/h2-3,6,11-12H,4-5,7-8H2,1H3. The molecule has 2 rings (SSSR count). The molecule has 14 heavy (non-hydrogen) atoms. The maximum Gasteiger partial charge on any atom is 0.0731 e. The maximum absolute atomic E-state index is 5.58. The molecular weight excluding hydrogens is 176 g/mol. The summed E-state index contributed by atoms with van der Waals surface area (Å²) in [7, 11) is 0. The molecule has 1 aromatic rings. The van der Waals surface area contributed by atoms with Crippen LogP contribution in [0.4, 0.5) is 0 Å². The normalized spacial score (nSPS) is 16.6. The van der Waals surface area contributed by atoms with Crippen LogP contribution in [0.3, 0.4) is 0 Å². The molecule has 1 fully saturated rings. The zero-order chi connectivity index (χ0) is 9.80. The van der Waals surface area contributed by atoms with Gasteiger partial charge in [0, 0.05) is 30.9 Å². The van der Waals surface area contributed by atoms with Gasteiger partial charge in [0.05, 0.1) is 13.2 Å². The van der Waals surface area contributed by atoms with Crippen molar-refractivity contribution in [2.75, 3.05) is 19.7 Å². The summed E-state index contributed by atoms with van der Waals surface area (Å²) in [6.07, 6.45) is 1.88. The first-order chi connectivity index (χ1) is 6.84. The van der Waals surface area contributed by atoms with Crippen LogP contribution in [0.5, 0.6) is 0 Å². The second-order valence-corrected chi connectivity index (χ2v) is 3.85. The third-order valence-corrected chi connectivity index (χ3v) is 2.46. The summed E-state index contributed by atoms with van der Waals surface area (Å²) in [5.41, 5.74) is 2.21. The molecule has 0 bridgehead atoms. The Morgan fingerprint density at radius 3 is 2.93 bits per heavy atom. The zero-order valence-corrected chi connectivity index (χ0v) is 8.49. The first-order valence-electron chi connectivity index (χ1n) is 5.04. The highest BCUT2D eigenvalue weighted by Crippen LogP contribution is 2.06. The first kappa shape index (κ1) is 9.62. The van der Waals surface area contributed by atoms with Gasteiger partial charge in [-0.3, -0.25) is 4.98 Å². The Kier molecular flexibility index (Phi) is 3.11. The molecule has 0 saturated carbocycles. The third-order valence-electron chi connectivity index (χ3n) is 2.46. The van der Waals surface area contributed by atoms with Crippen LogP contribution in [0.15, 0.2) is 18.3 Å². The summed E-state index contributed by atoms with van der Waals surface area (Å²) in [6.45, 7) is 5.74. The van der Waals surface area contributed by atoms with Crippen molar-refractivity contribution in [1.82, 2.24) is 10.3 Å². The predicted molar refractivity (Wildman–Crippen MR) is 55.0 cm³/mol. The van der Waals surface area contributed by atoms with E-state index in [1.807, 2.05) is 19.2 Å². The van der Waals surface area contributed by atoms with Crippen molar-refractivity contribution >= 4 is 0 Å². The SMILES string of the molecule is Cc1ccc(COCC2CNC2)cn1. The van der Waals surface area contributed by atoms with Gasteiger partial charge in [-0.1, -0.05) is 6.07 Å². The van der Waals surface area contributed by atoms with Gasteiger partial charge in [0.2, 0.25) is 0 Å². The number of ether oxygens (including phenoxy) is 1. The summed E-state index contributed by atoms with van der Waals surface area (Å²) in [4.78, 5) is 4.22. The van der Waals surface area contributed by atoms with Crippen molar-refractivity contribution in [3.05, 3.63) is 29.6 Å². The Labute approximate surface area is 84.5 Å². The van der Waals surface area contributed by atoms with Gasteiger partial charge in [-0.05, 0) is 18.6 Å². The number of hydrogen-bond donors (Lipinski definition) is 1. The van der Waals surface area contributed by atoms with E-state index < -0.39 is 0 Å². The maximum atomic E-state index is 5.58. The molecule has 0 unspecified atom stereocenters. The molecule has 0 spiro atoms. The van der Waals surface area contributed by atoms with E-state index in [-0.39, 0.29) is 0 Å². The van der Waals surface area contributed by atoms with Crippen LogP contribution in [-0.4, -0.2) is 24.7 Å². The van der Waals surface area contributed by atoms with Crippen LogP contribution in [-0.2, 0) is 11.3 Å². The highest BCUT2D eigenvalue weighted by molar-refractivity contribution is 5.11. The fourth-order valence-corrected chi connectivity index (χ4v) is 1.39. The zero-order valence-electron chi connectivity index (χ0n) is 8.49. The lowest BCUT2D eigenvalue weighted by atomic mass is 10.1. The van der Waals surface area contributed by atoms with Crippen LogP contribution in [0.1, 0.15) is 11.3 Å². The average molecular weight is 192 g/mol. The van der Waals surface area contributed by atoms with Gasteiger partial charge in [0.15, 0.2) is 0 Å². The molecule has 0 aliphatic carbocycles. The summed E-state index contributed by atoms with van der Waals surface area (Å²) >= 11 is 0. The Bertz CT molecular complexity index is 280. The van der Waals surface area contributed by atoms with Crippen molar-refractivity contribution in [3.63, 3.8) is 0 Å². The predicted octanol–water partition coefficient (Wildman–Crippen LogP) is 1.13. The molecule has 0 atom stereocenters. The molecule has 3 nitrogen and oxygen atoms in total. The fraction of sp³-hybridized carbons (Fsp3) is 0.545. The molecule has 0 radical (unpaired) electrons. The second kappa shape index (κ2) is 4.53. The van der Waals surface area contributed by atoms with Gasteiger partial charge in [-0.2, -0.15) is 0 Å². The Hall–Kier alpha value is -0.930. The summed E-state index contributed by atoms with van der Waals surface area (Å²) in [5, 5.41) is 3.23.